The molecule has 14 heavy (non-hydrogen) atoms. The number of thiocarbonyl (C=S) groups is 1. The molecular formula is C10H18N2OS. The Balaban J connectivity index is 2.58. The molecular weight excluding hydrogens is 196 g/mol. The second-order valence-corrected chi connectivity index (χ2v) is 4.59. The first-order valence-electron chi connectivity index (χ1n) is 5.11. The maximum Gasteiger partial charge on any atom is 0.232 e. The van der Waals surface area contributed by atoms with Crippen molar-refractivity contribution in [1.82, 2.24) is 5.32 Å². The van der Waals surface area contributed by atoms with E-state index in [1.807, 2.05) is 13.8 Å². The van der Waals surface area contributed by atoms with Crippen LogP contribution in [0.4, 0.5) is 0 Å². The number of amides is 1. The van der Waals surface area contributed by atoms with Crippen molar-refractivity contribution in [1.29, 1.82) is 0 Å². The third-order valence-corrected chi connectivity index (χ3v) is 3.64. The highest BCUT2D eigenvalue weighted by Crippen LogP contribution is 2.25. The molecule has 1 rings (SSSR count). The van der Waals surface area contributed by atoms with Crippen LogP contribution in [0.1, 0.15) is 39.5 Å². The first-order valence-corrected chi connectivity index (χ1v) is 5.52. The predicted octanol–water partition coefficient (Wildman–Crippen LogP) is 1.36. The van der Waals surface area contributed by atoms with Gasteiger partial charge in [-0.2, -0.15) is 0 Å². The molecule has 80 valence electrons. The minimum absolute atomic E-state index is 0.0165. The molecule has 4 heteroatoms. The van der Waals surface area contributed by atoms with Gasteiger partial charge in [-0.3, -0.25) is 4.79 Å². The second kappa shape index (κ2) is 4.26. The molecule has 0 aliphatic heterocycles. The van der Waals surface area contributed by atoms with Crippen molar-refractivity contribution in [3.63, 3.8) is 0 Å². The molecule has 1 unspecified atom stereocenters. The lowest BCUT2D eigenvalue weighted by Gasteiger charge is -2.32. The Morgan fingerprint density at radius 2 is 2.21 bits per heavy atom. The summed E-state index contributed by atoms with van der Waals surface area (Å²) in [6, 6.07) is 0.350. The van der Waals surface area contributed by atoms with Gasteiger partial charge in [-0.25, -0.2) is 0 Å². The van der Waals surface area contributed by atoms with Gasteiger partial charge < -0.3 is 11.1 Å². The molecule has 1 atom stereocenters. The van der Waals surface area contributed by atoms with E-state index in [9.17, 15) is 4.79 Å². The molecule has 0 saturated heterocycles. The maximum atomic E-state index is 11.9. The number of nitrogens with two attached hydrogens (primary N) is 1. The molecule has 0 aromatic carbocycles. The van der Waals surface area contributed by atoms with Gasteiger partial charge in [0, 0.05) is 6.04 Å². The fraction of sp³-hybridized carbons (Fsp3) is 0.800. The second-order valence-electron chi connectivity index (χ2n) is 4.15. The molecule has 0 spiro atoms. The first kappa shape index (κ1) is 11.4. The van der Waals surface area contributed by atoms with Gasteiger partial charge in [-0.15, -0.1) is 0 Å². The van der Waals surface area contributed by atoms with Gasteiger partial charge in [0.2, 0.25) is 5.91 Å². The molecule has 3 N–H and O–H groups in total. The molecule has 3 nitrogen and oxygen atoms in total. The summed E-state index contributed by atoms with van der Waals surface area (Å²) in [5.41, 5.74) is 4.91. The van der Waals surface area contributed by atoms with Crippen LogP contribution in [-0.4, -0.2) is 16.9 Å². The van der Waals surface area contributed by atoms with E-state index in [1.165, 1.54) is 6.42 Å². The minimum Gasteiger partial charge on any atom is -0.392 e. The standard InChI is InChI=1S/C10H18N2OS/c1-3-10(2,8(11)14)9(13)12-7-5-4-6-7/h7H,3-6H2,1-2H3,(H2,11,14)(H,12,13). The van der Waals surface area contributed by atoms with Crippen molar-refractivity contribution in [2.45, 2.75) is 45.6 Å². The highest BCUT2D eigenvalue weighted by molar-refractivity contribution is 7.80. The quantitative estimate of drug-likeness (QED) is 0.695. The molecule has 1 aliphatic carbocycles. The van der Waals surface area contributed by atoms with Crippen LogP contribution >= 0.6 is 12.2 Å². The zero-order valence-corrected chi connectivity index (χ0v) is 9.62. The zero-order chi connectivity index (χ0) is 10.8. The summed E-state index contributed by atoms with van der Waals surface area (Å²) in [5.74, 6) is -0.0165. The van der Waals surface area contributed by atoms with E-state index < -0.39 is 5.41 Å². The Bertz CT molecular complexity index is 251. The average Bonchev–Trinajstić information content (AvgIpc) is 2.09. The molecule has 1 fully saturated rings. The zero-order valence-electron chi connectivity index (χ0n) is 8.80. The maximum absolute atomic E-state index is 11.9. The average molecular weight is 214 g/mol. The lowest BCUT2D eigenvalue weighted by molar-refractivity contribution is -0.128. The number of hydrogen-bond donors (Lipinski definition) is 2. The summed E-state index contributed by atoms with van der Waals surface area (Å²) in [6.45, 7) is 3.74. The summed E-state index contributed by atoms with van der Waals surface area (Å²) in [4.78, 5) is 12.2. The molecule has 0 radical (unpaired) electrons. The van der Waals surface area contributed by atoms with Gasteiger partial charge in [-0.1, -0.05) is 19.1 Å². The van der Waals surface area contributed by atoms with Crippen LogP contribution in [0.25, 0.3) is 0 Å². The monoisotopic (exact) mass is 214 g/mol. The highest BCUT2D eigenvalue weighted by Gasteiger charge is 2.36. The van der Waals surface area contributed by atoms with Crippen LogP contribution in [0.15, 0.2) is 0 Å². The van der Waals surface area contributed by atoms with Gasteiger partial charge in [-0.05, 0) is 32.6 Å². The Morgan fingerprint density at radius 3 is 2.50 bits per heavy atom. The normalized spacial score (nSPS) is 20.7. The van der Waals surface area contributed by atoms with Gasteiger partial charge in [0.1, 0.15) is 0 Å². The molecule has 0 bridgehead atoms. The van der Waals surface area contributed by atoms with Crippen LogP contribution in [0, 0.1) is 5.41 Å². The summed E-state index contributed by atoms with van der Waals surface area (Å²) in [5, 5.41) is 2.98. The summed E-state index contributed by atoms with van der Waals surface area (Å²) in [6.07, 6.45) is 4.04. The lowest BCUT2D eigenvalue weighted by atomic mass is 9.84. The minimum atomic E-state index is -0.676. The van der Waals surface area contributed by atoms with Crippen molar-refractivity contribution in [3.8, 4) is 0 Å². The summed E-state index contributed by atoms with van der Waals surface area (Å²) < 4.78 is 0. The molecule has 0 aromatic heterocycles. The third-order valence-electron chi connectivity index (χ3n) is 3.19. The molecule has 0 aromatic rings. The lowest BCUT2D eigenvalue weighted by Crippen LogP contribution is -2.51. The Labute approximate surface area is 90.4 Å². The summed E-state index contributed by atoms with van der Waals surface area (Å²) in [7, 11) is 0. The van der Waals surface area contributed by atoms with E-state index in [0.717, 1.165) is 12.8 Å². The van der Waals surface area contributed by atoms with Gasteiger partial charge in [0.25, 0.3) is 0 Å². The van der Waals surface area contributed by atoms with Gasteiger partial charge in [0.05, 0.1) is 10.4 Å². The van der Waals surface area contributed by atoms with E-state index in [0.29, 0.717) is 12.5 Å². The van der Waals surface area contributed by atoms with Crippen molar-refractivity contribution in [3.05, 3.63) is 0 Å². The SMILES string of the molecule is CCC(C)(C(=O)NC1CCC1)C(N)=S. The Morgan fingerprint density at radius 1 is 1.64 bits per heavy atom. The van der Waals surface area contributed by atoms with E-state index in [1.54, 1.807) is 0 Å². The van der Waals surface area contributed by atoms with Crippen LogP contribution in [-0.2, 0) is 4.79 Å². The van der Waals surface area contributed by atoms with E-state index in [4.69, 9.17) is 18.0 Å². The third kappa shape index (κ3) is 2.05. The van der Waals surface area contributed by atoms with Crippen molar-refractivity contribution in [2.75, 3.05) is 0 Å². The number of carbonyl (C=O) groups is 1. The molecule has 1 amide bonds. The number of carbonyl (C=O) groups excluding carboxylic acids is 1. The van der Waals surface area contributed by atoms with E-state index in [2.05, 4.69) is 5.32 Å². The summed E-state index contributed by atoms with van der Waals surface area (Å²) >= 11 is 4.93. The van der Waals surface area contributed by atoms with Crippen molar-refractivity contribution < 1.29 is 4.79 Å². The van der Waals surface area contributed by atoms with Crippen LogP contribution in [0.3, 0.4) is 0 Å². The van der Waals surface area contributed by atoms with Crippen LogP contribution < -0.4 is 11.1 Å². The van der Waals surface area contributed by atoms with E-state index in [-0.39, 0.29) is 10.9 Å². The largest absolute Gasteiger partial charge is 0.392 e. The Kier molecular flexibility index (Phi) is 3.48. The molecule has 1 saturated carbocycles. The van der Waals surface area contributed by atoms with Gasteiger partial charge in [0.15, 0.2) is 0 Å². The van der Waals surface area contributed by atoms with Crippen LogP contribution in [0.5, 0.6) is 0 Å². The molecule has 0 heterocycles. The van der Waals surface area contributed by atoms with Crippen molar-refractivity contribution in [2.24, 2.45) is 11.1 Å². The van der Waals surface area contributed by atoms with Crippen molar-refractivity contribution >= 4 is 23.1 Å². The van der Waals surface area contributed by atoms with E-state index >= 15 is 0 Å². The topological polar surface area (TPSA) is 55.1 Å². The predicted molar refractivity (Wildman–Crippen MR) is 61.0 cm³/mol. The smallest absolute Gasteiger partial charge is 0.232 e. The molecule has 1 aliphatic rings. The fourth-order valence-electron chi connectivity index (χ4n) is 1.34. The Hall–Kier alpha value is -0.640. The number of hydrogen-bond acceptors (Lipinski definition) is 2. The number of rotatable bonds is 4. The fourth-order valence-corrected chi connectivity index (χ4v) is 1.58. The van der Waals surface area contributed by atoms with Crippen LogP contribution in [0.2, 0.25) is 0 Å². The first-order chi connectivity index (χ1) is 6.50. The number of nitrogens with one attached hydrogen (secondary N) is 1. The van der Waals surface area contributed by atoms with Gasteiger partial charge >= 0.3 is 0 Å². The highest BCUT2D eigenvalue weighted by atomic mass is 32.1.